The molecule has 0 amide bonds. The summed E-state index contributed by atoms with van der Waals surface area (Å²) in [6.07, 6.45) is 0. The zero-order chi connectivity index (χ0) is 21.7. The standard InChI is InChI=1S/C23H27N3O4/c1-6-29-22(27)21-20(24-26-25-21)15-7-12-19(28-5)16(13-15)14-30-18-10-8-17(9-11-18)23(2,3)4/h7-13H,6,14H2,1-5H3,(H,24,25,26). The van der Waals surface area contributed by atoms with Gasteiger partial charge < -0.3 is 14.2 Å². The van der Waals surface area contributed by atoms with Gasteiger partial charge >= 0.3 is 5.97 Å². The highest BCUT2D eigenvalue weighted by atomic mass is 16.5. The van der Waals surface area contributed by atoms with Crippen LogP contribution in [0.4, 0.5) is 0 Å². The maximum absolute atomic E-state index is 12.1. The molecule has 0 aliphatic rings. The molecule has 1 heterocycles. The molecular weight excluding hydrogens is 382 g/mol. The van der Waals surface area contributed by atoms with Gasteiger partial charge in [-0.1, -0.05) is 32.9 Å². The summed E-state index contributed by atoms with van der Waals surface area (Å²) in [5.74, 6) is 0.934. The molecular formula is C23H27N3O4. The van der Waals surface area contributed by atoms with Gasteiger partial charge in [-0.3, -0.25) is 0 Å². The van der Waals surface area contributed by atoms with E-state index in [1.807, 2.05) is 30.3 Å². The molecule has 0 fully saturated rings. The fraction of sp³-hybridized carbons (Fsp3) is 0.348. The van der Waals surface area contributed by atoms with Crippen LogP contribution in [0.5, 0.6) is 11.5 Å². The number of ether oxygens (including phenoxy) is 3. The summed E-state index contributed by atoms with van der Waals surface area (Å²) in [6, 6.07) is 13.6. The summed E-state index contributed by atoms with van der Waals surface area (Å²) >= 11 is 0. The largest absolute Gasteiger partial charge is 0.496 e. The van der Waals surface area contributed by atoms with Crippen LogP contribution in [0, 0.1) is 0 Å². The molecule has 158 valence electrons. The Kier molecular flexibility index (Phi) is 6.40. The normalized spacial score (nSPS) is 11.2. The van der Waals surface area contributed by atoms with E-state index in [2.05, 4.69) is 48.3 Å². The van der Waals surface area contributed by atoms with E-state index in [1.165, 1.54) is 5.56 Å². The predicted octanol–water partition coefficient (Wildman–Crippen LogP) is 4.53. The number of carbonyl (C=O) groups is 1. The summed E-state index contributed by atoms with van der Waals surface area (Å²) in [5.41, 5.74) is 3.44. The number of carbonyl (C=O) groups excluding carboxylic acids is 1. The molecule has 1 aromatic heterocycles. The first-order valence-electron chi connectivity index (χ1n) is 9.82. The second-order valence-corrected chi connectivity index (χ2v) is 7.83. The van der Waals surface area contributed by atoms with Gasteiger partial charge in [0.05, 0.1) is 13.7 Å². The quantitative estimate of drug-likeness (QED) is 0.577. The van der Waals surface area contributed by atoms with Crippen LogP contribution in [-0.2, 0) is 16.8 Å². The van der Waals surface area contributed by atoms with Crippen LogP contribution in [0.1, 0.15) is 49.3 Å². The minimum absolute atomic E-state index is 0.0876. The van der Waals surface area contributed by atoms with Crippen molar-refractivity contribution < 1.29 is 19.0 Å². The average molecular weight is 409 g/mol. The minimum atomic E-state index is -0.520. The second kappa shape index (κ2) is 8.98. The van der Waals surface area contributed by atoms with Crippen molar-refractivity contribution in [3.63, 3.8) is 0 Å². The number of hydrogen-bond acceptors (Lipinski definition) is 6. The van der Waals surface area contributed by atoms with Crippen molar-refractivity contribution in [3.05, 3.63) is 59.3 Å². The molecule has 0 saturated heterocycles. The summed E-state index contributed by atoms with van der Waals surface area (Å²) in [6.45, 7) is 8.84. The van der Waals surface area contributed by atoms with Crippen molar-refractivity contribution in [1.29, 1.82) is 0 Å². The Balaban J connectivity index is 1.82. The van der Waals surface area contributed by atoms with Crippen molar-refractivity contribution in [2.75, 3.05) is 13.7 Å². The molecule has 0 spiro atoms. The smallest absolute Gasteiger partial charge is 0.361 e. The van der Waals surface area contributed by atoms with Gasteiger partial charge in [0.15, 0.2) is 5.69 Å². The predicted molar refractivity (Wildman–Crippen MR) is 114 cm³/mol. The Bertz CT molecular complexity index is 1000. The molecule has 0 radical (unpaired) electrons. The van der Waals surface area contributed by atoms with E-state index in [1.54, 1.807) is 14.0 Å². The molecule has 3 aromatic rings. The van der Waals surface area contributed by atoms with Crippen LogP contribution in [0.2, 0.25) is 0 Å². The molecule has 0 bridgehead atoms. The van der Waals surface area contributed by atoms with E-state index < -0.39 is 5.97 Å². The average Bonchev–Trinajstić information content (AvgIpc) is 3.22. The number of H-pyrrole nitrogens is 1. The first kappa shape index (κ1) is 21.4. The number of nitrogens with zero attached hydrogens (tertiary/aromatic N) is 2. The van der Waals surface area contributed by atoms with Gasteiger partial charge in [-0.2, -0.15) is 10.3 Å². The van der Waals surface area contributed by atoms with Crippen LogP contribution < -0.4 is 9.47 Å². The molecule has 0 saturated carbocycles. The van der Waals surface area contributed by atoms with E-state index >= 15 is 0 Å². The zero-order valence-electron chi connectivity index (χ0n) is 18.0. The Hall–Kier alpha value is -3.35. The van der Waals surface area contributed by atoms with Crippen LogP contribution in [0.3, 0.4) is 0 Å². The minimum Gasteiger partial charge on any atom is -0.496 e. The van der Waals surface area contributed by atoms with Gasteiger partial charge in [-0.25, -0.2) is 4.79 Å². The number of esters is 1. The molecule has 0 aliphatic heterocycles. The van der Waals surface area contributed by atoms with Crippen LogP contribution >= 0.6 is 0 Å². The maximum atomic E-state index is 12.1. The highest BCUT2D eigenvalue weighted by Gasteiger charge is 2.20. The van der Waals surface area contributed by atoms with E-state index in [4.69, 9.17) is 14.2 Å². The first-order valence-corrected chi connectivity index (χ1v) is 9.82. The van der Waals surface area contributed by atoms with Gasteiger partial charge in [0, 0.05) is 11.1 Å². The summed E-state index contributed by atoms with van der Waals surface area (Å²) in [7, 11) is 1.61. The Morgan fingerprint density at radius 1 is 1.07 bits per heavy atom. The number of methoxy groups -OCH3 is 1. The second-order valence-electron chi connectivity index (χ2n) is 7.83. The summed E-state index contributed by atoms with van der Waals surface area (Å²) in [5, 5.41) is 10.5. The third-order valence-electron chi connectivity index (χ3n) is 4.69. The van der Waals surface area contributed by atoms with Crippen molar-refractivity contribution in [1.82, 2.24) is 15.4 Å². The van der Waals surface area contributed by atoms with E-state index in [-0.39, 0.29) is 17.7 Å². The molecule has 30 heavy (non-hydrogen) atoms. The monoisotopic (exact) mass is 409 g/mol. The fourth-order valence-corrected chi connectivity index (χ4v) is 3.02. The van der Waals surface area contributed by atoms with Gasteiger partial charge in [0.25, 0.3) is 0 Å². The third kappa shape index (κ3) is 4.79. The van der Waals surface area contributed by atoms with E-state index in [9.17, 15) is 4.79 Å². The Labute approximate surface area is 176 Å². The molecule has 3 rings (SSSR count). The lowest BCUT2D eigenvalue weighted by Crippen LogP contribution is -2.10. The number of nitrogens with one attached hydrogen (secondary N) is 1. The maximum Gasteiger partial charge on any atom is 0.361 e. The number of rotatable bonds is 7. The van der Waals surface area contributed by atoms with Gasteiger partial charge in [0.1, 0.15) is 23.8 Å². The number of benzene rings is 2. The van der Waals surface area contributed by atoms with E-state index in [0.29, 0.717) is 23.6 Å². The Morgan fingerprint density at radius 3 is 2.43 bits per heavy atom. The van der Waals surface area contributed by atoms with Crippen molar-refractivity contribution in [2.45, 2.75) is 39.7 Å². The number of aromatic nitrogens is 3. The lowest BCUT2D eigenvalue weighted by molar-refractivity contribution is 0.0520. The molecule has 7 heteroatoms. The molecule has 0 atom stereocenters. The van der Waals surface area contributed by atoms with Crippen LogP contribution in [0.25, 0.3) is 11.3 Å². The molecule has 0 unspecified atom stereocenters. The number of hydrogen-bond donors (Lipinski definition) is 1. The first-order chi connectivity index (χ1) is 14.3. The summed E-state index contributed by atoms with van der Waals surface area (Å²) < 4.78 is 16.5. The van der Waals surface area contributed by atoms with Gasteiger partial charge in [0.2, 0.25) is 0 Å². The van der Waals surface area contributed by atoms with E-state index in [0.717, 1.165) is 11.3 Å². The molecule has 2 aromatic carbocycles. The Morgan fingerprint density at radius 2 is 1.80 bits per heavy atom. The topological polar surface area (TPSA) is 86.3 Å². The molecule has 7 nitrogen and oxygen atoms in total. The third-order valence-corrected chi connectivity index (χ3v) is 4.69. The number of aromatic amines is 1. The van der Waals surface area contributed by atoms with Gasteiger partial charge in [-0.05, 0) is 48.2 Å². The highest BCUT2D eigenvalue weighted by Crippen LogP contribution is 2.29. The zero-order valence-corrected chi connectivity index (χ0v) is 18.0. The van der Waals surface area contributed by atoms with Crippen molar-refractivity contribution in [2.24, 2.45) is 0 Å². The highest BCUT2D eigenvalue weighted by molar-refractivity contribution is 5.94. The fourth-order valence-electron chi connectivity index (χ4n) is 3.02. The summed E-state index contributed by atoms with van der Waals surface area (Å²) in [4.78, 5) is 12.1. The van der Waals surface area contributed by atoms with Crippen molar-refractivity contribution >= 4 is 5.97 Å². The molecule has 0 aliphatic carbocycles. The van der Waals surface area contributed by atoms with Crippen LogP contribution in [-0.4, -0.2) is 35.1 Å². The lowest BCUT2D eigenvalue weighted by atomic mass is 9.87. The van der Waals surface area contributed by atoms with Crippen molar-refractivity contribution in [3.8, 4) is 22.8 Å². The molecule has 1 N–H and O–H groups in total. The lowest BCUT2D eigenvalue weighted by Gasteiger charge is -2.19. The van der Waals surface area contributed by atoms with Gasteiger partial charge in [-0.15, -0.1) is 5.10 Å². The van der Waals surface area contributed by atoms with Crippen LogP contribution in [0.15, 0.2) is 42.5 Å². The SMILES string of the molecule is CCOC(=O)c1n[nH]nc1-c1ccc(OC)c(COc2ccc(C(C)(C)C)cc2)c1.